The molecule has 0 aliphatic carbocycles. The predicted octanol–water partition coefficient (Wildman–Crippen LogP) is 1.61. The molecule has 0 amide bonds. The summed E-state index contributed by atoms with van der Waals surface area (Å²) in [7, 11) is 0. The van der Waals surface area contributed by atoms with Crippen LogP contribution in [0.5, 0.6) is 0 Å². The Kier molecular flexibility index (Phi) is 2.94. The van der Waals surface area contributed by atoms with E-state index < -0.39 is 0 Å². The summed E-state index contributed by atoms with van der Waals surface area (Å²) >= 11 is 2.11. The number of thioether (sulfide) groups is 1. The Labute approximate surface area is 78.4 Å². The molecule has 70 valence electrons. The highest BCUT2D eigenvalue weighted by Gasteiger charge is 2.25. The molecule has 0 aromatic carbocycles. The van der Waals surface area contributed by atoms with Crippen molar-refractivity contribution in [3.05, 3.63) is 0 Å². The highest BCUT2D eigenvalue weighted by atomic mass is 32.2. The van der Waals surface area contributed by atoms with E-state index in [0.29, 0.717) is 12.3 Å². The Balaban J connectivity index is 1.72. The van der Waals surface area contributed by atoms with Gasteiger partial charge in [0.15, 0.2) is 0 Å². The molecule has 2 rings (SSSR count). The number of hydrogen-bond donors (Lipinski definition) is 1. The maximum absolute atomic E-state index is 5.60. The molecule has 2 nitrogen and oxygen atoms in total. The van der Waals surface area contributed by atoms with E-state index in [1.54, 1.807) is 0 Å². The van der Waals surface area contributed by atoms with Gasteiger partial charge in [-0.2, -0.15) is 11.8 Å². The lowest BCUT2D eigenvalue weighted by atomic mass is 10.2. The maximum Gasteiger partial charge on any atom is 0.109 e. The summed E-state index contributed by atoms with van der Waals surface area (Å²) in [6.07, 6.45) is 4.34. The zero-order valence-corrected chi connectivity index (χ0v) is 8.40. The van der Waals surface area contributed by atoms with Gasteiger partial charge in [-0.05, 0) is 31.9 Å². The molecule has 0 saturated carbocycles. The van der Waals surface area contributed by atoms with Gasteiger partial charge in [0.25, 0.3) is 0 Å². The Morgan fingerprint density at radius 2 is 2.50 bits per heavy atom. The molecule has 0 aromatic heterocycles. The van der Waals surface area contributed by atoms with Crippen molar-refractivity contribution in [3.63, 3.8) is 0 Å². The summed E-state index contributed by atoms with van der Waals surface area (Å²) in [6, 6.07) is 0.557. The lowest BCUT2D eigenvalue weighted by Gasteiger charge is -2.14. The van der Waals surface area contributed by atoms with Gasteiger partial charge < -0.3 is 4.74 Å². The molecule has 2 aliphatic rings. The molecule has 3 unspecified atom stereocenters. The van der Waals surface area contributed by atoms with E-state index in [-0.39, 0.29) is 0 Å². The van der Waals surface area contributed by atoms with Crippen molar-refractivity contribution in [1.82, 2.24) is 5.32 Å². The Bertz CT molecular complexity index is 147. The second-order valence-corrected chi connectivity index (χ2v) is 5.17. The van der Waals surface area contributed by atoms with E-state index >= 15 is 0 Å². The predicted molar refractivity (Wildman–Crippen MR) is 52.4 cm³/mol. The summed E-state index contributed by atoms with van der Waals surface area (Å²) in [5, 5.41) is 4.30. The molecule has 2 aliphatic heterocycles. The first-order valence-electron chi connectivity index (χ1n) is 4.84. The molecule has 2 saturated heterocycles. The molecule has 0 radical (unpaired) electrons. The Hall–Kier alpha value is 0.270. The first-order valence-corrected chi connectivity index (χ1v) is 5.89. The third-order valence-corrected chi connectivity index (χ3v) is 3.94. The van der Waals surface area contributed by atoms with Crippen molar-refractivity contribution < 1.29 is 4.74 Å². The lowest BCUT2D eigenvalue weighted by molar-refractivity contribution is 0.0929. The highest BCUT2D eigenvalue weighted by molar-refractivity contribution is 8.00. The average Bonchev–Trinajstić information content (AvgIpc) is 2.63. The lowest BCUT2D eigenvalue weighted by Crippen LogP contribution is -2.30. The largest absolute Gasteiger partial charge is 0.362 e. The quantitative estimate of drug-likeness (QED) is 0.709. The monoisotopic (exact) mass is 187 g/mol. The van der Waals surface area contributed by atoms with Gasteiger partial charge in [-0.15, -0.1) is 0 Å². The Morgan fingerprint density at radius 1 is 1.58 bits per heavy atom. The number of ether oxygens (including phenoxy) is 1. The molecule has 12 heavy (non-hydrogen) atoms. The summed E-state index contributed by atoms with van der Waals surface area (Å²) < 4.78 is 5.60. The van der Waals surface area contributed by atoms with E-state index in [0.717, 1.165) is 11.9 Å². The van der Waals surface area contributed by atoms with Crippen LogP contribution in [-0.2, 0) is 4.74 Å². The van der Waals surface area contributed by atoms with Crippen LogP contribution in [0.1, 0.15) is 26.2 Å². The van der Waals surface area contributed by atoms with E-state index in [9.17, 15) is 0 Å². The van der Waals surface area contributed by atoms with Gasteiger partial charge in [0.1, 0.15) is 6.23 Å². The number of hydrogen-bond acceptors (Lipinski definition) is 3. The molecular weight excluding hydrogens is 170 g/mol. The normalized spacial score (nSPS) is 42.2. The zero-order chi connectivity index (χ0) is 8.39. The molecule has 3 heteroatoms. The third kappa shape index (κ3) is 2.15. The molecule has 2 heterocycles. The van der Waals surface area contributed by atoms with Crippen LogP contribution in [0, 0.1) is 0 Å². The zero-order valence-electron chi connectivity index (χ0n) is 7.58. The minimum absolute atomic E-state index is 0.343. The van der Waals surface area contributed by atoms with Crippen molar-refractivity contribution in [2.75, 3.05) is 12.4 Å². The van der Waals surface area contributed by atoms with E-state index in [2.05, 4.69) is 24.0 Å². The van der Waals surface area contributed by atoms with Gasteiger partial charge in [-0.25, -0.2) is 0 Å². The summed E-state index contributed by atoms with van der Waals surface area (Å²) in [5.41, 5.74) is 0. The molecule has 0 aromatic rings. The van der Waals surface area contributed by atoms with Gasteiger partial charge in [0.2, 0.25) is 0 Å². The first kappa shape index (κ1) is 8.85. The SMILES string of the molecule is CC1COC(CC2CCCS2)N1. The minimum atomic E-state index is 0.343. The fourth-order valence-electron chi connectivity index (χ4n) is 1.88. The van der Waals surface area contributed by atoms with Gasteiger partial charge >= 0.3 is 0 Å². The summed E-state index contributed by atoms with van der Waals surface area (Å²) in [6.45, 7) is 3.07. The molecule has 2 fully saturated rings. The topological polar surface area (TPSA) is 21.3 Å². The smallest absolute Gasteiger partial charge is 0.109 e. The van der Waals surface area contributed by atoms with Crippen molar-refractivity contribution >= 4 is 11.8 Å². The average molecular weight is 187 g/mol. The van der Waals surface area contributed by atoms with Crippen LogP contribution >= 0.6 is 11.8 Å². The standard InChI is InChI=1S/C9H17NOS/c1-7-6-11-9(10-7)5-8-3-2-4-12-8/h7-10H,2-6H2,1H3. The van der Waals surface area contributed by atoms with E-state index in [4.69, 9.17) is 4.74 Å². The fourth-order valence-corrected chi connectivity index (χ4v) is 3.19. The van der Waals surface area contributed by atoms with Crippen LogP contribution in [0.2, 0.25) is 0 Å². The van der Waals surface area contributed by atoms with Crippen LogP contribution < -0.4 is 5.32 Å². The second kappa shape index (κ2) is 3.99. The van der Waals surface area contributed by atoms with Gasteiger partial charge in [0.05, 0.1) is 6.61 Å². The molecule has 0 spiro atoms. The van der Waals surface area contributed by atoms with Crippen LogP contribution in [-0.4, -0.2) is 29.9 Å². The van der Waals surface area contributed by atoms with Crippen molar-refractivity contribution in [1.29, 1.82) is 0 Å². The van der Waals surface area contributed by atoms with Crippen LogP contribution in [0.3, 0.4) is 0 Å². The van der Waals surface area contributed by atoms with Crippen molar-refractivity contribution in [2.45, 2.75) is 43.7 Å². The second-order valence-electron chi connectivity index (χ2n) is 3.76. The molecular formula is C9H17NOS. The van der Waals surface area contributed by atoms with E-state index in [1.807, 2.05) is 0 Å². The summed E-state index contributed by atoms with van der Waals surface area (Å²) in [4.78, 5) is 0. The molecule has 1 N–H and O–H groups in total. The Morgan fingerprint density at radius 3 is 3.08 bits per heavy atom. The summed E-state index contributed by atoms with van der Waals surface area (Å²) in [5.74, 6) is 1.35. The molecule has 3 atom stereocenters. The maximum atomic E-state index is 5.60. The van der Waals surface area contributed by atoms with Crippen LogP contribution in [0.4, 0.5) is 0 Å². The fraction of sp³-hybridized carbons (Fsp3) is 1.00. The highest BCUT2D eigenvalue weighted by Crippen LogP contribution is 2.30. The third-order valence-electron chi connectivity index (χ3n) is 2.52. The van der Waals surface area contributed by atoms with Gasteiger partial charge in [0, 0.05) is 11.3 Å². The first-order chi connectivity index (χ1) is 5.84. The number of nitrogens with one attached hydrogen (secondary N) is 1. The van der Waals surface area contributed by atoms with Crippen LogP contribution in [0.15, 0.2) is 0 Å². The van der Waals surface area contributed by atoms with Gasteiger partial charge in [-0.1, -0.05) is 0 Å². The number of rotatable bonds is 2. The van der Waals surface area contributed by atoms with Crippen LogP contribution in [0.25, 0.3) is 0 Å². The van der Waals surface area contributed by atoms with E-state index in [1.165, 1.54) is 25.0 Å². The minimum Gasteiger partial charge on any atom is -0.362 e. The molecule has 0 bridgehead atoms. The van der Waals surface area contributed by atoms with Gasteiger partial charge in [-0.3, -0.25) is 5.32 Å². The van der Waals surface area contributed by atoms with Crippen molar-refractivity contribution in [3.8, 4) is 0 Å². The van der Waals surface area contributed by atoms with Crippen molar-refractivity contribution in [2.24, 2.45) is 0 Å².